The Balaban J connectivity index is 1.54. The molecule has 3 rings (SSSR count). The van der Waals surface area contributed by atoms with E-state index in [1.807, 2.05) is 51.1 Å². The van der Waals surface area contributed by atoms with Gasteiger partial charge in [0.15, 0.2) is 0 Å². The fraction of sp³-hybridized carbons (Fsp3) is 0.364. The van der Waals surface area contributed by atoms with Gasteiger partial charge in [-0.05, 0) is 63.6 Å². The van der Waals surface area contributed by atoms with Crippen LogP contribution >= 0.6 is 0 Å². The van der Waals surface area contributed by atoms with Crippen molar-refractivity contribution in [3.63, 3.8) is 0 Å². The molecule has 0 heterocycles. The van der Waals surface area contributed by atoms with Gasteiger partial charge < -0.3 is 20.1 Å². The highest BCUT2D eigenvalue weighted by Crippen LogP contribution is 2.41. The van der Waals surface area contributed by atoms with E-state index in [-0.39, 0.29) is 29.8 Å². The average Bonchev–Trinajstić information content (AvgIpc) is 3.46. The van der Waals surface area contributed by atoms with Crippen LogP contribution < -0.4 is 20.1 Å². The van der Waals surface area contributed by atoms with Gasteiger partial charge in [-0.15, -0.1) is 0 Å². The SMILES string of the molecule is CCOc1ccc(NC(=O)C2CC2C(=O)Nc2ccccc2OC(C)C)cc1. The van der Waals surface area contributed by atoms with Crippen molar-refractivity contribution in [2.24, 2.45) is 11.8 Å². The molecule has 148 valence electrons. The van der Waals surface area contributed by atoms with Crippen LogP contribution in [0.4, 0.5) is 11.4 Å². The summed E-state index contributed by atoms with van der Waals surface area (Å²) in [5, 5.41) is 5.75. The Labute approximate surface area is 165 Å². The maximum absolute atomic E-state index is 12.5. The second-order valence-corrected chi connectivity index (χ2v) is 7.05. The first-order valence-electron chi connectivity index (χ1n) is 9.58. The third-order valence-electron chi connectivity index (χ3n) is 4.40. The van der Waals surface area contributed by atoms with Crippen LogP contribution in [0.3, 0.4) is 0 Å². The number of ether oxygens (including phenoxy) is 2. The number of nitrogens with one attached hydrogen (secondary N) is 2. The quantitative estimate of drug-likeness (QED) is 0.721. The Bertz CT molecular complexity index is 833. The zero-order valence-electron chi connectivity index (χ0n) is 16.4. The molecule has 0 aromatic heterocycles. The first kappa shape index (κ1) is 19.7. The number of para-hydroxylation sites is 2. The van der Waals surface area contributed by atoms with Crippen LogP contribution in [0.2, 0.25) is 0 Å². The first-order chi connectivity index (χ1) is 13.5. The predicted molar refractivity (Wildman–Crippen MR) is 109 cm³/mol. The van der Waals surface area contributed by atoms with E-state index < -0.39 is 0 Å². The number of amides is 2. The van der Waals surface area contributed by atoms with E-state index in [1.165, 1.54) is 0 Å². The van der Waals surface area contributed by atoms with Crippen LogP contribution in [-0.4, -0.2) is 24.5 Å². The van der Waals surface area contributed by atoms with Crippen LogP contribution in [0, 0.1) is 11.8 Å². The lowest BCUT2D eigenvalue weighted by Crippen LogP contribution is -2.21. The minimum Gasteiger partial charge on any atom is -0.494 e. The molecule has 2 aromatic carbocycles. The van der Waals surface area contributed by atoms with Crippen LogP contribution in [-0.2, 0) is 9.59 Å². The number of anilines is 2. The van der Waals surface area contributed by atoms with Gasteiger partial charge in [0.05, 0.1) is 30.2 Å². The summed E-state index contributed by atoms with van der Waals surface area (Å²) in [6.07, 6.45) is 0.550. The number of hydrogen-bond donors (Lipinski definition) is 2. The van der Waals surface area contributed by atoms with Crippen LogP contribution in [0.5, 0.6) is 11.5 Å². The zero-order valence-corrected chi connectivity index (χ0v) is 16.4. The monoisotopic (exact) mass is 382 g/mol. The van der Waals surface area contributed by atoms with Gasteiger partial charge in [-0.2, -0.15) is 0 Å². The molecule has 2 aromatic rings. The van der Waals surface area contributed by atoms with Crippen LogP contribution in [0.25, 0.3) is 0 Å². The molecule has 0 aliphatic heterocycles. The Kier molecular flexibility index (Phi) is 6.19. The normalized spacial score (nSPS) is 17.7. The molecule has 6 heteroatoms. The summed E-state index contributed by atoms with van der Waals surface area (Å²) in [4.78, 5) is 25.0. The topological polar surface area (TPSA) is 76.7 Å². The highest BCUT2D eigenvalue weighted by molar-refractivity contribution is 6.03. The van der Waals surface area contributed by atoms with Crippen molar-refractivity contribution in [3.8, 4) is 11.5 Å². The molecule has 28 heavy (non-hydrogen) atoms. The minimum absolute atomic E-state index is 0.00613. The summed E-state index contributed by atoms with van der Waals surface area (Å²) in [6, 6.07) is 14.5. The summed E-state index contributed by atoms with van der Waals surface area (Å²) in [7, 11) is 0. The summed E-state index contributed by atoms with van der Waals surface area (Å²) >= 11 is 0. The van der Waals surface area contributed by atoms with Crippen molar-refractivity contribution >= 4 is 23.2 Å². The molecule has 1 fully saturated rings. The molecule has 0 saturated heterocycles. The van der Waals surface area contributed by atoms with Gasteiger partial charge in [-0.3, -0.25) is 9.59 Å². The van der Waals surface area contributed by atoms with Crippen LogP contribution in [0.15, 0.2) is 48.5 Å². The second kappa shape index (κ2) is 8.78. The van der Waals surface area contributed by atoms with E-state index in [1.54, 1.807) is 18.2 Å². The van der Waals surface area contributed by atoms with Gasteiger partial charge in [0.1, 0.15) is 11.5 Å². The van der Waals surface area contributed by atoms with E-state index in [2.05, 4.69) is 10.6 Å². The summed E-state index contributed by atoms with van der Waals surface area (Å²) in [6.45, 7) is 6.37. The van der Waals surface area contributed by atoms with Gasteiger partial charge >= 0.3 is 0 Å². The molecule has 0 radical (unpaired) electrons. The summed E-state index contributed by atoms with van der Waals surface area (Å²) < 4.78 is 11.1. The van der Waals surface area contributed by atoms with E-state index in [9.17, 15) is 9.59 Å². The minimum atomic E-state index is -0.324. The van der Waals surface area contributed by atoms with Crippen molar-refractivity contribution in [1.29, 1.82) is 0 Å². The molecule has 2 atom stereocenters. The van der Waals surface area contributed by atoms with Gasteiger partial charge in [0.2, 0.25) is 11.8 Å². The van der Waals surface area contributed by atoms with Gasteiger partial charge in [0.25, 0.3) is 0 Å². The average molecular weight is 382 g/mol. The molecule has 6 nitrogen and oxygen atoms in total. The lowest BCUT2D eigenvalue weighted by atomic mass is 10.2. The summed E-state index contributed by atoms with van der Waals surface area (Å²) in [5.41, 5.74) is 1.31. The Morgan fingerprint density at radius 3 is 2.29 bits per heavy atom. The Hall–Kier alpha value is -3.02. The second-order valence-electron chi connectivity index (χ2n) is 7.05. The lowest BCUT2D eigenvalue weighted by Gasteiger charge is -2.14. The third kappa shape index (κ3) is 5.03. The predicted octanol–water partition coefficient (Wildman–Crippen LogP) is 4.09. The van der Waals surface area contributed by atoms with Crippen molar-refractivity contribution in [1.82, 2.24) is 0 Å². The van der Waals surface area contributed by atoms with Gasteiger partial charge in [-0.1, -0.05) is 12.1 Å². The number of carbonyl (C=O) groups excluding carboxylic acids is 2. The zero-order chi connectivity index (χ0) is 20.1. The fourth-order valence-electron chi connectivity index (χ4n) is 2.96. The van der Waals surface area contributed by atoms with Crippen molar-refractivity contribution in [2.75, 3.05) is 17.2 Å². The molecule has 1 aliphatic carbocycles. The maximum atomic E-state index is 12.5. The summed E-state index contributed by atoms with van der Waals surface area (Å²) in [5.74, 6) is 0.440. The maximum Gasteiger partial charge on any atom is 0.228 e. The standard InChI is InChI=1S/C22H26N2O4/c1-4-27-16-11-9-15(10-12-16)23-21(25)17-13-18(17)22(26)24-19-7-5-6-8-20(19)28-14(2)3/h5-12,14,17-18H,4,13H2,1-3H3,(H,23,25)(H,24,26). The molecule has 0 spiro atoms. The van der Waals surface area contributed by atoms with Crippen molar-refractivity contribution < 1.29 is 19.1 Å². The number of rotatable bonds is 8. The Morgan fingerprint density at radius 2 is 1.64 bits per heavy atom. The smallest absolute Gasteiger partial charge is 0.228 e. The molecule has 2 unspecified atom stereocenters. The highest BCUT2D eigenvalue weighted by atomic mass is 16.5. The third-order valence-corrected chi connectivity index (χ3v) is 4.40. The molecule has 2 amide bonds. The number of carbonyl (C=O) groups is 2. The van der Waals surface area contributed by atoms with Crippen molar-refractivity contribution in [3.05, 3.63) is 48.5 Å². The molecule has 2 N–H and O–H groups in total. The van der Waals surface area contributed by atoms with E-state index in [0.717, 1.165) is 5.75 Å². The molecule has 1 saturated carbocycles. The van der Waals surface area contributed by atoms with Crippen LogP contribution in [0.1, 0.15) is 27.2 Å². The first-order valence-corrected chi connectivity index (χ1v) is 9.58. The highest BCUT2D eigenvalue weighted by Gasteiger charge is 2.48. The lowest BCUT2D eigenvalue weighted by molar-refractivity contribution is -0.122. The fourth-order valence-corrected chi connectivity index (χ4v) is 2.96. The molecular formula is C22H26N2O4. The van der Waals surface area contributed by atoms with Gasteiger partial charge in [-0.25, -0.2) is 0 Å². The molecule has 0 bridgehead atoms. The van der Waals surface area contributed by atoms with Crippen molar-refractivity contribution in [2.45, 2.75) is 33.3 Å². The van der Waals surface area contributed by atoms with E-state index in [4.69, 9.17) is 9.47 Å². The largest absolute Gasteiger partial charge is 0.494 e. The molecular weight excluding hydrogens is 356 g/mol. The van der Waals surface area contributed by atoms with E-state index >= 15 is 0 Å². The van der Waals surface area contributed by atoms with Gasteiger partial charge in [0, 0.05) is 5.69 Å². The number of hydrogen-bond acceptors (Lipinski definition) is 4. The Morgan fingerprint density at radius 1 is 1.00 bits per heavy atom. The number of benzene rings is 2. The van der Waals surface area contributed by atoms with E-state index in [0.29, 0.717) is 30.2 Å². The molecule has 1 aliphatic rings.